The third-order valence-electron chi connectivity index (χ3n) is 3.43. The van der Waals surface area contributed by atoms with Crippen molar-refractivity contribution < 1.29 is 4.74 Å². The van der Waals surface area contributed by atoms with E-state index in [0.29, 0.717) is 6.04 Å². The first-order chi connectivity index (χ1) is 8.70. The minimum atomic E-state index is 0.608. The van der Waals surface area contributed by atoms with Crippen LogP contribution >= 0.6 is 11.6 Å². The van der Waals surface area contributed by atoms with Gasteiger partial charge in [0, 0.05) is 29.7 Å². The standard InChI is InChI=1S/C14H21ClN2O/c1-10-6-14(18-2)11(7-13(10)15)8-16-9-12-4-3-5-17-12/h6-7,12,16-17H,3-5,8-9H2,1-2H3. The van der Waals surface area contributed by atoms with E-state index in [1.807, 2.05) is 19.1 Å². The molecule has 1 aliphatic rings. The molecule has 1 aromatic carbocycles. The van der Waals surface area contributed by atoms with Gasteiger partial charge in [-0.3, -0.25) is 0 Å². The lowest BCUT2D eigenvalue weighted by molar-refractivity contribution is 0.406. The molecule has 1 heterocycles. The Hall–Kier alpha value is -0.770. The van der Waals surface area contributed by atoms with Crippen LogP contribution < -0.4 is 15.4 Å². The van der Waals surface area contributed by atoms with Gasteiger partial charge in [0.25, 0.3) is 0 Å². The summed E-state index contributed by atoms with van der Waals surface area (Å²) in [7, 11) is 1.70. The van der Waals surface area contributed by atoms with Crippen LogP contribution in [0.2, 0.25) is 5.02 Å². The highest BCUT2D eigenvalue weighted by atomic mass is 35.5. The summed E-state index contributed by atoms with van der Waals surface area (Å²) in [5.41, 5.74) is 2.17. The van der Waals surface area contributed by atoms with Gasteiger partial charge in [0.2, 0.25) is 0 Å². The van der Waals surface area contributed by atoms with Gasteiger partial charge in [-0.1, -0.05) is 11.6 Å². The first-order valence-electron chi connectivity index (χ1n) is 6.48. The molecule has 1 fully saturated rings. The average molecular weight is 269 g/mol. The molecule has 2 N–H and O–H groups in total. The molecule has 4 heteroatoms. The summed E-state index contributed by atoms with van der Waals surface area (Å²) >= 11 is 6.15. The number of ether oxygens (including phenoxy) is 1. The van der Waals surface area contributed by atoms with Crippen LogP contribution in [-0.2, 0) is 6.54 Å². The molecule has 0 bridgehead atoms. The van der Waals surface area contributed by atoms with Crippen molar-refractivity contribution in [2.24, 2.45) is 0 Å². The zero-order chi connectivity index (χ0) is 13.0. The summed E-state index contributed by atoms with van der Waals surface area (Å²) < 4.78 is 5.39. The SMILES string of the molecule is COc1cc(C)c(Cl)cc1CNCC1CCCN1. The van der Waals surface area contributed by atoms with Crippen LogP contribution in [0, 0.1) is 6.92 Å². The summed E-state index contributed by atoms with van der Waals surface area (Å²) in [5.74, 6) is 0.906. The largest absolute Gasteiger partial charge is 0.496 e. The quantitative estimate of drug-likeness (QED) is 0.861. The fourth-order valence-electron chi connectivity index (χ4n) is 2.34. The molecule has 0 saturated carbocycles. The molecule has 100 valence electrons. The van der Waals surface area contributed by atoms with Crippen LogP contribution in [0.3, 0.4) is 0 Å². The number of hydrogen-bond acceptors (Lipinski definition) is 3. The van der Waals surface area contributed by atoms with Crippen molar-refractivity contribution in [3.8, 4) is 5.75 Å². The first kappa shape index (κ1) is 13.7. The third-order valence-corrected chi connectivity index (χ3v) is 3.84. The lowest BCUT2D eigenvalue weighted by Gasteiger charge is -2.14. The molecule has 0 spiro atoms. The maximum atomic E-state index is 6.15. The minimum absolute atomic E-state index is 0.608. The third kappa shape index (κ3) is 3.37. The normalized spacial score (nSPS) is 19.2. The number of hydrogen-bond donors (Lipinski definition) is 2. The molecule has 1 atom stereocenters. The number of methoxy groups -OCH3 is 1. The Labute approximate surface area is 114 Å². The zero-order valence-electron chi connectivity index (χ0n) is 11.1. The fraction of sp³-hybridized carbons (Fsp3) is 0.571. The van der Waals surface area contributed by atoms with Gasteiger partial charge in [0.1, 0.15) is 5.75 Å². The van der Waals surface area contributed by atoms with Gasteiger partial charge in [0.05, 0.1) is 7.11 Å². The summed E-state index contributed by atoms with van der Waals surface area (Å²) in [6.45, 7) is 4.92. The van der Waals surface area contributed by atoms with E-state index in [2.05, 4.69) is 10.6 Å². The van der Waals surface area contributed by atoms with E-state index < -0.39 is 0 Å². The van der Waals surface area contributed by atoms with Gasteiger partial charge < -0.3 is 15.4 Å². The van der Waals surface area contributed by atoms with Crippen molar-refractivity contribution in [1.82, 2.24) is 10.6 Å². The molecule has 0 aliphatic carbocycles. The Morgan fingerprint density at radius 1 is 1.50 bits per heavy atom. The lowest BCUT2D eigenvalue weighted by Crippen LogP contribution is -2.33. The van der Waals surface area contributed by atoms with Crippen LogP contribution in [0.15, 0.2) is 12.1 Å². The lowest BCUT2D eigenvalue weighted by atomic mass is 10.1. The van der Waals surface area contributed by atoms with Gasteiger partial charge in [-0.15, -0.1) is 0 Å². The molecule has 1 aliphatic heterocycles. The summed E-state index contributed by atoms with van der Waals surface area (Å²) in [5, 5.41) is 7.73. The number of nitrogens with one attached hydrogen (secondary N) is 2. The average Bonchev–Trinajstić information content (AvgIpc) is 2.86. The van der Waals surface area contributed by atoms with Crippen molar-refractivity contribution in [3.05, 3.63) is 28.3 Å². The van der Waals surface area contributed by atoms with Crippen LogP contribution in [0.1, 0.15) is 24.0 Å². The molecule has 1 saturated heterocycles. The molecular weight excluding hydrogens is 248 g/mol. The number of aryl methyl sites for hydroxylation is 1. The molecule has 18 heavy (non-hydrogen) atoms. The van der Waals surface area contributed by atoms with Crippen LogP contribution in [0.4, 0.5) is 0 Å². The van der Waals surface area contributed by atoms with Crippen LogP contribution in [0.5, 0.6) is 5.75 Å². The van der Waals surface area contributed by atoms with Gasteiger partial charge in [-0.05, 0) is 44.0 Å². The van der Waals surface area contributed by atoms with E-state index in [0.717, 1.165) is 41.5 Å². The maximum absolute atomic E-state index is 6.15. The number of rotatable bonds is 5. The number of benzene rings is 1. The Bertz CT molecular complexity index is 403. The van der Waals surface area contributed by atoms with Crippen LogP contribution in [-0.4, -0.2) is 26.2 Å². The summed E-state index contributed by atoms with van der Waals surface area (Å²) in [6.07, 6.45) is 2.55. The maximum Gasteiger partial charge on any atom is 0.123 e. The molecule has 0 aromatic heterocycles. The van der Waals surface area contributed by atoms with Crippen molar-refractivity contribution in [3.63, 3.8) is 0 Å². The molecule has 0 radical (unpaired) electrons. The fourth-order valence-corrected chi connectivity index (χ4v) is 2.52. The highest BCUT2D eigenvalue weighted by molar-refractivity contribution is 6.31. The Morgan fingerprint density at radius 3 is 3.00 bits per heavy atom. The predicted molar refractivity (Wildman–Crippen MR) is 75.5 cm³/mol. The first-order valence-corrected chi connectivity index (χ1v) is 6.85. The Kier molecular flexibility index (Phi) is 4.87. The minimum Gasteiger partial charge on any atom is -0.496 e. The van der Waals surface area contributed by atoms with E-state index in [4.69, 9.17) is 16.3 Å². The summed E-state index contributed by atoms with van der Waals surface area (Å²) in [4.78, 5) is 0. The highest BCUT2D eigenvalue weighted by Gasteiger charge is 2.13. The van der Waals surface area contributed by atoms with Crippen molar-refractivity contribution in [1.29, 1.82) is 0 Å². The second kappa shape index (κ2) is 6.41. The second-order valence-electron chi connectivity index (χ2n) is 4.84. The molecule has 3 nitrogen and oxygen atoms in total. The van der Waals surface area contributed by atoms with Gasteiger partial charge in [-0.2, -0.15) is 0 Å². The van der Waals surface area contributed by atoms with E-state index >= 15 is 0 Å². The van der Waals surface area contributed by atoms with E-state index in [1.165, 1.54) is 12.8 Å². The molecule has 0 amide bonds. The van der Waals surface area contributed by atoms with Crippen molar-refractivity contribution in [2.75, 3.05) is 20.2 Å². The van der Waals surface area contributed by atoms with E-state index in [-0.39, 0.29) is 0 Å². The van der Waals surface area contributed by atoms with Crippen molar-refractivity contribution >= 4 is 11.6 Å². The van der Waals surface area contributed by atoms with Crippen LogP contribution in [0.25, 0.3) is 0 Å². The highest BCUT2D eigenvalue weighted by Crippen LogP contribution is 2.26. The Morgan fingerprint density at radius 2 is 2.33 bits per heavy atom. The van der Waals surface area contributed by atoms with Crippen molar-refractivity contribution in [2.45, 2.75) is 32.4 Å². The molecule has 2 rings (SSSR count). The van der Waals surface area contributed by atoms with E-state index in [1.54, 1.807) is 7.11 Å². The number of halogens is 1. The predicted octanol–water partition coefficient (Wildman–Crippen LogP) is 2.50. The Balaban J connectivity index is 1.93. The van der Waals surface area contributed by atoms with Gasteiger partial charge >= 0.3 is 0 Å². The van der Waals surface area contributed by atoms with Gasteiger partial charge in [-0.25, -0.2) is 0 Å². The molecule has 1 unspecified atom stereocenters. The van der Waals surface area contributed by atoms with Gasteiger partial charge in [0.15, 0.2) is 0 Å². The summed E-state index contributed by atoms with van der Waals surface area (Å²) in [6, 6.07) is 4.59. The smallest absolute Gasteiger partial charge is 0.123 e. The van der Waals surface area contributed by atoms with E-state index in [9.17, 15) is 0 Å². The monoisotopic (exact) mass is 268 g/mol. The zero-order valence-corrected chi connectivity index (χ0v) is 11.8. The topological polar surface area (TPSA) is 33.3 Å². The molecule has 1 aromatic rings. The second-order valence-corrected chi connectivity index (χ2v) is 5.24. The molecular formula is C14H21ClN2O.